The van der Waals surface area contributed by atoms with Gasteiger partial charge in [-0.25, -0.2) is 0 Å². The van der Waals surface area contributed by atoms with Gasteiger partial charge in [0.15, 0.2) is 0 Å². The second kappa shape index (κ2) is 35.1. The second-order valence-corrected chi connectivity index (χ2v) is 19.9. The Labute approximate surface area is 363 Å². The highest BCUT2D eigenvalue weighted by Crippen LogP contribution is 2.09. The lowest BCUT2D eigenvalue weighted by molar-refractivity contribution is -0.315. The van der Waals surface area contributed by atoms with Crippen molar-refractivity contribution in [3.05, 3.63) is 0 Å². The summed E-state index contributed by atoms with van der Waals surface area (Å²) in [6.07, 6.45) is -3.64. The summed E-state index contributed by atoms with van der Waals surface area (Å²) in [5.41, 5.74) is 0. The molecule has 0 aromatic carbocycles. The first-order chi connectivity index (χ1) is 29.0. The van der Waals surface area contributed by atoms with E-state index in [1.807, 2.05) is 0 Å². The maximum atomic E-state index is 10.4. The summed E-state index contributed by atoms with van der Waals surface area (Å²) >= 11 is 0. The Morgan fingerprint density at radius 2 is 0.587 bits per heavy atom. The van der Waals surface area contributed by atoms with Gasteiger partial charge in [0.25, 0.3) is 0 Å². The third-order valence-electron chi connectivity index (χ3n) is 7.41. The van der Waals surface area contributed by atoms with Gasteiger partial charge in [0.2, 0.25) is 0 Å². The normalized spacial score (nSPS) is 13.4. The van der Waals surface area contributed by atoms with Gasteiger partial charge >= 0.3 is 26.4 Å². The van der Waals surface area contributed by atoms with Gasteiger partial charge in [-0.3, -0.25) is 14.7 Å². The maximum absolute atomic E-state index is 10.4. The number of carboxylic acid groups (broad SMARTS) is 6. The van der Waals surface area contributed by atoms with E-state index in [1.54, 1.807) is 0 Å². The maximum Gasteiger partial charge on any atom is 0.495 e. The summed E-state index contributed by atoms with van der Waals surface area (Å²) in [7, 11) is -7.41. The highest BCUT2D eigenvalue weighted by Gasteiger charge is 2.31. The van der Waals surface area contributed by atoms with E-state index in [9.17, 15) is 103 Å². The van der Waals surface area contributed by atoms with Crippen LogP contribution >= 0.6 is 0 Å². The fraction of sp³-hybridized carbons (Fsp3) is 0.800. The molecular weight excluding hydrogens is 919 g/mol. The molecule has 0 rings (SSSR count). The standard InChI is InChI=1S/3C10H21NO9Si/c3*1-19-21(17,18)4-2-3-20-7-8(12)11(5-9(13)14)6-10(15)16/h3*8,12,17-18H,2-7H2,1H3,(H,13,14)(H,15,16)/p-6. The Kier molecular flexibility index (Phi) is 35.6. The summed E-state index contributed by atoms with van der Waals surface area (Å²) in [4.78, 5) is 120. The van der Waals surface area contributed by atoms with Crippen molar-refractivity contribution in [2.24, 2.45) is 0 Å². The number of aliphatic hydroxyl groups excluding tert-OH is 3. The van der Waals surface area contributed by atoms with Crippen LogP contribution in [-0.2, 0) is 56.3 Å². The fourth-order valence-corrected chi connectivity index (χ4v) is 6.62. The van der Waals surface area contributed by atoms with E-state index in [1.165, 1.54) is 21.3 Å². The number of carbonyl (C=O) groups is 6. The second-order valence-electron chi connectivity index (χ2n) is 12.8. The van der Waals surface area contributed by atoms with Crippen LogP contribution in [0.25, 0.3) is 0 Å². The fourth-order valence-electron chi connectivity index (χ4n) is 4.20. The van der Waals surface area contributed by atoms with Crippen molar-refractivity contribution >= 4 is 62.2 Å². The van der Waals surface area contributed by atoms with Gasteiger partial charge in [-0.1, -0.05) is 0 Å². The molecule has 3 unspecified atom stereocenters. The van der Waals surface area contributed by atoms with Gasteiger partial charge in [0.1, 0.15) is 18.7 Å². The van der Waals surface area contributed by atoms with Gasteiger partial charge in [-0.2, -0.15) is 0 Å². The summed E-state index contributed by atoms with van der Waals surface area (Å²) in [5, 5.41) is 91.4. The average Bonchev–Trinajstić information content (AvgIpc) is 3.15. The van der Waals surface area contributed by atoms with Crippen molar-refractivity contribution < 1.29 is 131 Å². The molecule has 0 fully saturated rings. The summed E-state index contributed by atoms with van der Waals surface area (Å²) in [6.45, 7) is -5.59. The zero-order chi connectivity index (χ0) is 49.4. The zero-order valence-corrected chi connectivity index (χ0v) is 37.7. The topological polar surface area (TPSA) is 488 Å². The number of aliphatic carboxylic acids is 6. The van der Waals surface area contributed by atoms with Crippen molar-refractivity contribution in [1.29, 1.82) is 0 Å². The Hall–Kier alpha value is -3.25. The third-order valence-corrected chi connectivity index (χ3v) is 12.4. The van der Waals surface area contributed by atoms with Crippen LogP contribution in [-0.4, -0.2) is 240 Å². The van der Waals surface area contributed by atoms with E-state index < -0.39 is 120 Å². The number of hydrogen-bond acceptors (Lipinski definition) is 30. The van der Waals surface area contributed by atoms with Crippen molar-refractivity contribution in [3.8, 4) is 0 Å². The molecule has 0 spiro atoms. The lowest BCUT2D eigenvalue weighted by atomic mass is 10.4. The van der Waals surface area contributed by atoms with Crippen LogP contribution in [0.4, 0.5) is 0 Å². The van der Waals surface area contributed by atoms with Crippen LogP contribution in [0.1, 0.15) is 19.3 Å². The number of aliphatic hydroxyl groups is 3. The highest BCUT2D eigenvalue weighted by atomic mass is 28.4. The minimum atomic E-state index is -3.64. The predicted octanol–water partition coefficient (Wildman–Crippen LogP) is -14.8. The largest absolute Gasteiger partial charge is 0.549 e. The van der Waals surface area contributed by atoms with Crippen LogP contribution in [0, 0.1) is 0 Å². The number of rotatable bonds is 36. The van der Waals surface area contributed by atoms with E-state index in [0.29, 0.717) is 14.7 Å². The lowest BCUT2D eigenvalue weighted by Crippen LogP contribution is -2.50. The molecule has 0 aromatic heterocycles. The first-order valence-corrected chi connectivity index (χ1v) is 24.2. The number of hydrogen-bond donors (Lipinski definition) is 9. The molecule has 0 aliphatic rings. The van der Waals surface area contributed by atoms with Gasteiger partial charge in [0.05, 0.1) is 55.6 Å². The minimum Gasteiger partial charge on any atom is -0.549 e. The van der Waals surface area contributed by atoms with E-state index in [0.717, 1.165) is 0 Å². The summed E-state index contributed by atoms with van der Waals surface area (Å²) in [6, 6.07) is 0.00417. The SMILES string of the molecule is CO[Si](O)(O)CCCOCC(O)N(CC(=O)[O-])CC(=O)[O-].CO[Si](O)(O)CCCOCC(O)N(CC(=O)[O-])CC(=O)[O-].CO[Si](O)(O)CCCOCC(O)N(CC(=O)[O-])CC(=O)[O-]. The average molecular weight is 976 g/mol. The molecule has 0 aliphatic carbocycles. The Bertz CT molecular complexity index is 1120. The van der Waals surface area contributed by atoms with Gasteiger partial charge in [0, 0.05) is 98.6 Å². The van der Waals surface area contributed by atoms with E-state index in [4.69, 9.17) is 14.2 Å². The first kappa shape index (κ1) is 64.0. The molecule has 0 radical (unpaired) electrons. The monoisotopic (exact) mass is 975 g/mol. The van der Waals surface area contributed by atoms with Gasteiger partial charge in [-0.15, -0.1) is 0 Å². The quantitative estimate of drug-likeness (QED) is 0.0160. The van der Waals surface area contributed by atoms with Gasteiger partial charge < -0.3 is 131 Å². The Morgan fingerprint density at radius 3 is 0.730 bits per heavy atom. The molecule has 0 aliphatic heterocycles. The first-order valence-electron chi connectivity index (χ1n) is 18.2. The number of ether oxygens (including phenoxy) is 3. The minimum absolute atomic E-state index is 0.00139. The van der Waals surface area contributed by atoms with Crippen LogP contribution in [0.15, 0.2) is 0 Å². The Morgan fingerprint density at radius 1 is 0.413 bits per heavy atom. The molecule has 0 saturated carbocycles. The molecule has 30 nitrogen and oxygen atoms in total. The molecule has 63 heavy (non-hydrogen) atoms. The van der Waals surface area contributed by atoms with E-state index in [-0.39, 0.29) is 77.0 Å². The molecule has 33 heteroatoms. The molecule has 0 saturated heterocycles. The van der Waals surface area contributed by atoms with Crippen molar-refractivity contribution in [2.75, 3.05) is 100 Å². The van der Waals surface area contributed by atoms with Crippen LogP contribution in [0.5, 0.6) is 0 Å². The molecule has 372 valence electrons. The number of nitrogens with zero attached hydrogens (tertiary/aromatic N) is 3. The van der Waals surface area contributed by atoms with Gasteiger partial charge in [-0.05, 0) is 19.3 Å². The number of carbonyl (C=O) groups excluding carboxylic acids is 6. The molecule has 0 amide bonds. The molecular formula is C30H57N3O27Si3-6. The highest BCUT2D eigenvalue weighted by molar-refractivity contribution is 6.58. The molecule has 9 N–H and O–H groups in total. The molecule has 3 atom stereocenters. The van der Waals surface area contributed by atoms with Crippen molar-refractivity contribution in [3.63, 3.8) is 0 Å². The number of carboxylic acids is 6. The molecule has 0 heterocycles. The summed E-state index contributed by atoms with van der Waals surface area (Å²) in [5.74, 6) is -9.30. The van der Waals surface area contributed by atoms with Crippen LogP contribution in [0.2, 0.25) is 18.1 Å². The van der Waals surface area contributed by atoms with E-state index in [2.05, 4.69) is 13.3 Å². The lowest BCUT2D eigenvalue weighted by Gasteiger charge is -2.28. The third kappa shape index (κ3) is 40.0. The molecule has 0 aromatic rings. The van der Waals surface area contributed by atoms with Crippen LogP contribution < -0.4 is 30.6 Å². The smallest absolute Gasteiger partial charge is 0.495 e. The van der Waals surface area contributed by atoms with Crippen molar-refractivity contribution in [1.82, 2.24) is 14.7 Å². The van der Waals surface area contributed by atoms with Crippen LogP contribution in [0.3, 0.4) is 0 Å². The Balaban J connectivity index is -0.000000857. The summed E-state index contributed by atoms with van der Waals surface area (Å²) < 4.78 is 28.5. The zero-order valence-electron chi connectivity index (χ0n) is 34.7. The van der Waals surface area contributed by atoms with E-state index >= 15 is 0 Å². The molecule has 0 bridgehead atoms. The predicted molar refractivity (Wildman–Crippen MR) is 195 cm³/mol. The van der Waals surface area contributed by atoms with Crippen molar-refractivity contribution in [2.45, 2.75) is 56.1 Å².